The Labute approximate surface area is 85.7 Å². The van der Waals surface area contributed by atoms with Crippen LogP contribution in [0.4, 0.5) is 8.78 Å². The lowest BCUT2D eigenvalue weighted by Gasteiger charge is -2.00. The molecule has 76 valence electrons. The van der Waals surface area contributed by atoms with Crippen molar-refractivity contribution < 1.29 is 13.6 Å². The van der Waals surface area contributed by atoms with Crippen LogP contribution in [-0.2, 0) is 11.2 Å². The Hall–Kier alpha value is -0.960. The number of hydrogen-bond acceptors (Lipinski definition) is 1. The van der Waals surface area contributed by atoms with Crippen LogP contribution in [-0.4, -0.2) is 5.24 Å². The van der Waals surface area contributed by atoms with E-state index in [0.717, 1.165) is 12.1 Å². The van der Waals surface area contributed by atoms with E-state index in [1.165, 1.54) is 6.07 Å². The number of rotatable bonds is 4. The van der Waals surface area contributed by atoms with Gasteiger partial charge in [0.25, 0.3) is 0 Å². The Balaban J connectivity index is 2.51. The second-order valence-corrected chi connectivity index (χ2v) is 3.38. The molecule has 0 fully saturated rings. The van der Waals surface area contributed by atoms with E-state index < -0.39 is 16.9 Å². The van der Waals surface area contributed by atoms with Gasteiger partial charge < -0.3 is 0 Å². The molecule has 0 saturated carbocycles. The summed E-state index contributed by atoms with van der Waals surface area (Å²) in [5, 5.41) is -0.410. The van der Waals surface area contributed by atoms with Crippen LogP contribution in [0.5, 0.6) is 0 Å². The van der Waals surface area contributed by atoms with Gasteiger partial charge in [0.15, 0.2) is 11.6 Å². The van der Waals surface area contributed by atoms with Gasteiger partial charge in [-0.3, -0.25) is 4.79 Å². The molecule has 0 bridgehead atoms. The number of hydrogen-bond donors (Lipinski definition) is 0. The Morgan fingerprint density at radius 1 is 1.29 bits per heavy atom. The molecule has 1 aromatic rings. The summed E-state index contributed by atoms with van der Waals surface area (Å²) in [4.78, 5) is 10.4. The van der Waals surface area contributed by atoms with Crippen molar-refractivity contribution >= 4 is 16.8 Å². The first-order valence-corrected chi connectivity index (χ1v) is 4.59. The number of aryl methyl sites for hydroxylation is 1. The maximum absolute atomic E-state index is 12.7. The van der Waals surface area contributed by atoms with Crippen molar-refractivity contribution in [2.45, 2.75) is 19.3 Å². The zero-order valence-electron chi connectivity index (χ0n) is 7.40. The van der Waals surface area contributed by atoms with Gasteiger partial charge in [0.2, 0.25) is 5.24 Å². The number of halogens is 3. The highest BCUT2D eigenvalue weighted by molar-refractivity contribution is 6.63. The zero-order valence-corrected chi connectivity index (χ0v) is 8.15. The van der Waals surface area contributed by atoms with E-state index in [2.05, 4.69) is 0 Å². The van der Waals surface area contributed by atoms with Crippen molar-refractivity contribution in [2.24, 2.45) is 0 Å². The van der Waals surface area contributed by atoms with Gasteiger partial charge in [0.1, 0.15) is 0 Å². The van der Waals surface area contributed by atoms with Crippen molar-refractivity contribution in [1.82, 2.24) is 0 Å². The highest BCUT2D eigenvalue weighted by atomic mass is 35.5. The molecule has 0 N–H and O–H groups in total. The first kappa shape index (κ1) is 11.1. The minimum absolute atomic E-state index is 0.251. The minimum atomic E-state index is -0.861. The Morgan fingerprint density at radius 2 is 2.00 bits per heavy atom. The van der Waals surface area contributed by atoms with Gasteiger partial charge in [0, 0.05) is 6.42 Å². The largest absolute Gasteiger partial charge is 0.281 e. The molecule has 0 spiro atoms. The number of benzene rings is 1. The third kappa shape index (κ3) is 3.42. The zero-order chi connectivity index (χ0) is 10.6. The van der Waals surface area contributed by atoms with Crippen LogP contribution in [0.1, 0.15) is 18.4 Å². The van der Waals surface area contributed by atoms with Gasteiger partial charge >= 0.3 is 0 Å². The van der Waals surface area contributed by atoms with Gasteiger partial charge in [-0.2, -0.15) is 0 Å². The Morgan fingerprint density at radius 3 is 2.57 bits per heavy atom. The summed E-state index contributed by atoms with van der Waals surface area (Å²) in [5.41, 5.74) is 0.668. The second kappa shape index (κ2) is 5.05. The molecule has 1 nitrogen and oxygen atoms in total. The molecule has 0 atom stereocenters. The molecule has 0 unspecified atom stereocenters. The molecule has 0 radical (unpaired) electrons. The molecule has 1 rings (SSSR count). The van der Waals surface area contributed by atoms with E-state index in [0.29, 0.717) is 18.4 Å². The molecule has 1 aromatic carbocycles. The summed E-state index contributed by atoms with van der Waals surface area (Å²) >= 11 is 5.13. The highest BCUT2D eigenvalue weighted by Crippen LogP contribution is 2.11. The summed E-state index contributed by atoms with van der Waals surface area (Å²) in [6.45, 7) is 0. The van der Waals surface area contributed by atoms with Crippen molar-refractivity contribution in [3.63, 3.8) is 0 Å². The van der Waals surface area contributed by atoms with Crippen LogP contribution >= 0.6 is 11.6 Å². The molecule has 0 aliphatic carbocycles. The van der Waals surface area contributed by atoms with Crippen molar-refractivity contribution in [1.29, 1.82) is 0 Å². The third-order valence-electron chi connectivity index (χ3n) is 1.82. The average molecular weight is 219 g/mol. The summed E-state index contributed by atoms with van der Waals surface area (Å²) in [6, 6.07) is 3.71. The molecule has 14 heavy (non-hydrogen) atoms. The van der Waals surface area contributed by atoms with Crippen LogP contribution in [0.3, 0.4) is 0 Å². The van der Waals surface area contributed by atoms with Crippen LogP contribution in [0, 0.1) is 11.6 Å². The monoisotopic (exact) mass is 218 g/mol. The first-order chi connectivity index (χ1) is 6.59. The quantitative estimate of drug-likeness (QED) is 0.710. The van der Waals surface area contributed by atoms with Crippen LogP contribution in [0.25, 0.3) is 0 Å². The Bertz CT molecular complexity index is 339. The van der Waals surface area contributed by atoms with Crippen LogP contribution in [0.2, 0.25) is 0 Å². The van der Waals surface area contributed by atoms with E-state index in [4.69, 9.17) is 11.6 Å². The molecule has 0 saturated heterocycles. The van der Waals surface area contributed by atoms with Crippen molar-refractivity contribution in [2.75, 3.05) is 0 Å². The molecule has 4 heteroatoms. The van der Waals surface area contributed by atoms with Crippen LogP contribution < -0.4 is 0 Å². The molecule has 0 aliphatic rings. The fraction of sp³-hybridized carbons (Fsp3) is 0.300. The standard InChI is InChI=1S/C10H9ClF2O/c11-10(14)3-1-2-7-4-5-8(12)9(13)6-7/h4-6H,1-3H2. The van der Waals surface area contributed by atoms with Crippen molar-refractivity contribution in [3.8, 4) is 0 Å². The van der Waals surface area contributed by atoms with Crippen LogP contribution in [0.15, 0.2) is 18.2 Å². The highest BCUT2D eigenvalue weighted by Gasteiger charge is 2.03. The minimum Gasteiger partial charge on any atom is -0.281 e. The summed E-state index contributed by atoms with van der Waals surface area (Å²) in [5.74, 6) is -1.72. The maximum Gasteiger partial charge on any atom is 0.221 e. The van der Waals surface area contributed by atoms with Gasteiger partial charge in [-0.05, 0) is 42.1 Å². The lowest BCUT2D eigenvalue weighted by molar-refractivity contribution is -0.111. The summed E-state index contributed by atoms with van der Waals surface area (Å²) in [7, 11) is 0. The number of carbonyl (C=O) groups is 1. The SMILES string of the molecule is O=C(Cl)CCCc1ccc(F)c(F)c1. The predicted octanol–water partition coefficient (Wildman–Crippen LogP) is 3.05. The lowest BCUT2D eigenvalue weighted by Crippen LogP contribution is -1.92. The molecule has 0 heterocycles. The normalized spacial score (nSPS) is 10.2. The molecular weight excluding hydrogens is 210 g/mol. The lowest BCUT2D eigenvalue weighted by atomic mass is 10.1. The molecule has 0 aromatic heterocycles. The van der Waals surface area contributed by atoms with E-state index in [-0.39, 0.29) is 6.42 Å². The fourth-order valence-electron chi connectivity index (χ4n) is 1.13. The topological polar surface area (TPSA) is 17.1 Å². The first-order valence-electron chi connectivity index (χ1n) is 4.22. The van der Waals surface area contributed by atoms with Gasteiger partial charge in [0.05, 0.1) is 0 Å². The summed E-state index contributed by atoms with van der Waals surface area (Å²) < 4.78 is 25.2. The average Bonchev–Trinajstić information content (AvgIpc) is 2.10. The molecule has 0 aliphatic heterocycles. The van der Waals surface area contributed by atoms with E-state index in [9.17, 15) is 13.6 Å². The van der Waals surface area contributed by atoms with E-state index >= 15 is 0 Å². The smallest absolute Gasteiger partial charge is 0.221 e. The fourth-order valence-corrected chi connectivity index (χ4v) is 1.26. The van der Waals surface area contributed by atoms with Gasteiger partial charge in [-0.15, -0.1) is 0 Å². The van der Waals surface area contributed by atoms with Gasteiger partial charge in [-0.1, -0.05) is 6.07 Å². The summed E-state index contributed by atoms with van der Waals surface area (Å²) in [6.07, 6.45) is 1.32. The van der Waals surface area contributed by atoms with E-state index in [1.807, 2.05) is 0 Å². The van der Waals surface area contributed by atoms with Crippen molar-refractivity contribution in [3.05, 3.63) is 35.4 Å². The Kier molecular flexibility index (Phi) is 4.01. The predicted molar refractivity (Wildman–Crippen MR) is 50.2 cm³/mol. The molecular formula is C10H9ClF2O. The second-order valence-electron chi connectivity index (χ2n) is 2.96. The molecule has 0 amide bonds. The third-order valence-corrected chi connectivity index (χ3v) is 2.01. The number of carbonyl (C=O) groups excluding carboxylic acids is 1. The maximum atomic E-state index is 12.7. The van der Waals surface area contributed by atoms with E-state index in [1.54, 1.807) is 0 Å². The van der Waals surface area contributed by atoms with Gasteiger partial charge in [-0.25, -0.2) is 8.78 Å².